The van der Waals surface area contributed by atoms with Crippen molar-refractivity contribution in [3.8, 4) is 0 Å². The van der Waals surface area contributed by atoms with Crippen LogP contribution in [0.1, 0.15) is 17.4 Å². The summed E-state index contributed by atoms with van der Waals surface area (Å²) < 4.78 is 22.5. The fourth-order valence-corrected chi connectivity index (χ4v) is 4.64. The summed E-state index contributed by atoms with van der Waals surface area (Å²) in [6.45, 7) is 0. The van der Waals surface area contributed by atoms with Crippen molar-refractivity contribution in [1.82, 2.24) is 0 Å². The van der Waals surface area contributed by atoms with E-state index >= 15 is 0 Å². The number of thiophene rings is 1. The maximum atomic E-state index is 11.3. The summed E-state index contributed by atoms with van der Waals surface area (Å²) in [6.07, 6.45) is -0.513. The van der Waals surface area contributed by atoms with E-state index in [1.807, 2.05) is 0 Å². The van der Waals surface area contributed by atoms with Gasteiger partial charge in [0.15, 0.2) is 9.84 Å². The third-order valence-electron chi connectivity index (χ3n) is 2.80. The second-order valence-electron chi connectivity index (χ2n) is 4.04. The summed E-state index contributed by atoms with van der Waals surface area (Å²) >= 11 is 0.892. The van der Waals surface area contributed by atoms with Gasteiger partial charge in [0.25, 0.3) is 0 Å². The van der Waals surface area contributed by atoms with Gasteiger partial charge in [-0.15, -0.1) is 0 Å². The first-order valence-electron chi connectivity index (χ1n) is 5.02. The Morgan fingerprint density at radius 2 is 2.24 bits per heavy atom. The summed E-state index contributed by atoms with van der Waals surface area (Å²) in [4.78, 5) is 10.4. The lowest BCUT2D eigenvalue weighted by molar-refractivity contribution is -0.380. The molecule has 94 valence electrons. The van der Waals surface area contributed by atoms with Crippen molar-refractivity contribution in [2.24, 2.45) is 5.92 Å². The summed E-state index contributed by atoms with van der Waals surface area (Å²) in [7, 11) is -3.05. The highest BCUT2D eigenvalue weighted by Crippen LogP contribution is 2.36. The van der Waals surface area contributed by atoms with Crippen molar-refractivity contribution < 1.29 is 18.4 Å². The third kappa shape index (κ3) is 2.64. The molecule has 0 amide bonds. The molecule has 8 heteroatoms. The second kappa shape index (κ2) is 4.35. The Balaban J connectivity index is 2.14. The van der Waals surface area contributed by atoms with E-state index in [2.05, 4.69) is 0 Å². The molecule has 0 aliphatic carbocycles. The summed E-state index contributed by atoms with van der Waals surface area (Å²) in [5, 5.41) is 20.4. The number of sulfone groups is 1. The van der Waals surface area contributed by atoms with Crippen molar-refractivity contribution in [2.75, 3.05) is 11.5 Å². The molecule has 1 aliphatic rings. The van der Waals surface area contributed by atoms with Gasteiger partial charge in [-0.25, -0.2) is 8.42 Å². The Bertz CT molecular complexity index is 535. The summed E-state index contributed by atoms with van der Waals surface area (Å²) in [6, 6.07) is 2.81. The van der Waals surface area contributed by atoms with E-state index in [-0.39, 0.29) is 22.4 Å². The summed E-state index contributed by atoms with van der Waals surface area (Å²) in [5.41, 5.74) is 0. The second-order valence-corrected chi connectivity index (χ2v) is 7.36. The molecule has 0 saturated carbocycles. The number of aliphatic hydroxyl groups is 1. The molecular weight excluding hydrogens is 266 g/mol. The minimum atomic E-state index is -3.05. The van der Waals surface area contributed by atoms with Gasteiger partial charge in [-0.2, -0.15) is 0 Å². The number of rotatable bonds is 3. The molecule has 6 nitrogen and oxygen atoms in total. The van der Waals surface area contributed by atoms with E-state index in [9.17, 15) is 23.6 Å². The average molecular weight is 277 g/mol. The van der Waals surface area contributed by atoms with Crippen molar-refractivity contribution in [3.63, 3.8) is 0 Å². The zero-order chi connectivity index (χ0) is 12.6. The summed E-state index contributed by atoms with van der Waals surface area (Å²) in [5.74, 6) is -0.305. The Morgan fingerprint density at radius 1 is 1.53 bits per heavy atom. The van der Waals surface area contributed by atoms with E-state index in [0.717, 1.165) is 11.3 Å². The lowest BCUT2D eigenvalue weighted by Gasteiger charge is -2.14. The van der Waals surface area contributed by atoms with E-state index < -0.39 is 20.9 Å². The SMILES string of the molecule is O=[N+]([O-])c1ccc(C(O)C2CCS(=O)(=O)C2)s1. The van der Waals surface area contributed by atoms with Gasteiger partial charge in [0, 0.05) is 16.9 Å². The maximum Gasteiger partial charge on any atom is 0.324 e. The van der Waals surface area contributed by atoms with E-state index in [1.165, 1.54) is 12.1 Å². The fraction of sp³-hybridized carbons (Fsp3) is 0.556. The highest BCUT2D eigenvalue weighted by atomic mass is 32.2. The molecule has 1 fully saturated rings. The van der Waals surface area contributed by atoms with Crippen molar-refractivity contribution in [3.05, 3.63) is 27.1 Å². The predicted octanol–water partition coefficient (Wildman–Crippen LogP) is 1.12. The van der Waals surface area contributed by atoms with Crippen LogP contribution in [0.15, 0.2) is 12.1 Å². The highest BCUT2D eigenvalue weighted by Gasteiger charge is 2.34. The maximum absolute atomic E-state index is 11.3. The molecular formula is C9H11NO5S2. The average Bonchev–Trinajstić information content (AvgIpc) is 2.83. The van der Waals surface area contributed by atoms with Crippen LogP contribution in [0.2, 0.25) is 0 Å². The lowest BCUT2D eigenvalue weighted by atomic mass is 10.0. The number of nitro groups is 1. The number of hydrogen-bond acceptors (Lipinski definition) is 6. The quantitative estimate of drug-likeness (QED) is 0.659. The van der Waals surface area contributed by atoms with Gasteiger partial charge in [-0.1, -0.05) is 11.3 Å². The largest absolute Gasteiger partial charge is 0.387 e. The van der Waals surface area contributed by atoms with Crippen molar-refractivity contribution in [1.29, 1.82) is 0 Å². The molecule has 1 aromatic heterocycles. The molecule has 2 unspecified atom stereocenters. The molecule has 1 aromatic rings. The molecule has 1 saturated heterocycles. The molecule has 0 bridgehead atoms. The van der Waals surface area contributed by atoms with Gasteiger partial charge < -0.3 is 5.11 Å². The number of aliphatic hydroxyl groups excluding tert-OH is 1. The topological polar surface area (TPSA) is 97.5 Å². The minimum Gasteiger partial charge on any atom is -0.387 e. The Labute approximate surface area is 102 Å². The van der Waals surface area contributed by atoms with Crippen LogP contribution < -0.4 is 0 Å². The molecule has 0 spiro atoms. The number of nitrogens with zero attached hydrogens (tertiary/aromatic N) is 1. The van der Waals surface area contributed by atoms with Crippen molar-refractivity contribution >= 4 is 26.2 Å². The lowest BCUT2D eigenvalue weighted by Crippen LogP contribution is -2.13. The first kappa shape index (κ1) is 12.5. The molecule has 2 rings (SSSR count). The van der Waals surface area contributed by atoms with Gasteiger partial charge >= 0.3 is 5.00 Å². The molecule has 0 aromatic carbocycles. The van der Waals surface area contributed by atoms with Gasteiger partial charge in [0.2, 0.25) is 0 Å². The van der Waals surface area contributed by atoms with Gasteiger partial charge in [0.05, 0.1) is 22.5 Å². The monoisotopic (exact) mass is 277 g/mol. The van der Waals surface area contributed by atoms with Crippen LogP contribution in [0.3, 0.4) is 0 Å². The first-order valence-corrected chi connectivity index (χ1v) is 7.65. The first-order chi connectivity index (χ1) is 7.89. The highest BCUT2D eigenvalue weighted by molar-refractivity contribution is 7.91. The van der Waals surface area contributed by atoms with Crippen LogP contribution >= 0.6 is 11.3 Å². The molecule has 17 heavy (non-hydrogen) atoms. The van der Waals surface area contributed by atoms with Crippen LogP contribution in [0.4, 0.5) is 5.00 Å². The van der Waals surface area contributed by atoms with Crippen LogP contribution in [0.5, 0.6) is 0 Å². The van der Waals surface area contributed by atoms with Crippen LogP contribution in [0, 0.1) is 16.0 Å². The van der Waals surface area contributed by atoms with E-state index in [0.29, 0.717) is 11.3 Å². The smallest absolute Gasteiger partial charge is 0.324 e. The van der Waals surface area contributed by atoms with Gasteiger partial charge in [0.1, 0.15) is 0 Å². The Morgan fingerprint density at radius 3 is 2.71 bits per heavy atom. The predicted molar refractivity (Wildman–Crippen MR) is 62.7 cm³/mol. The molecule has 1 aliphatic heterocycles. The minimum absolute atomic E-state index is 0.0418. The normalized spacial score (nSPS) is 24.6. The van der Waals surface area contributed by atoms with Gasteiger partial charge in [-0.05, 0) is 12.5 Å². The number of hydrogen-bond donors (Lipinski definition) is 1. The zero-order valence-electron chi connectivity index (χ0n) is 8.77. The van der Waals surface area contributed by atoms with Crippen LogP contribution in [-0.2, 0) is 9.84 Å². The van der Waals surface area contributed by atoms with Gasteiger partial charge in [-0.3, -0.25) is 10.1 Å². The molecule has 0 radical (unpaired) electrons. The third-order valence-corrected chi connectivity index (χ3v) is 5.70. The van der Waals surface area contributed by atoms with Crippen LogP contribution in [-0.4, -0.2) is 30.0 Å². The Hall–Kier alpha value is -0.990. The zero-order valence-corrected chi connectivity index (χ0v) is 10.4. The van der Waals surface area contributed by atoms with E-state index in [4.69, 9.17) is 0 Å². The van der Waals surface area contributed by atoms with Crippen molar-refractivity contribution in [2.45, 2.75) is 12.5 Å². The van der Waals surface area contributed by atoms with E-state index in [1.54, 1.807) is 0 Å². The van der Waals surface area contributed by atoms with Crippen LogP contribution in [0.25, 0.3) is 0 Å². The molecule has 2 atom stereocenters. The molecule has 1 N–H and O–H groups in total. The fourth-order valence-electron chi connectivity index (χ4n) is 1.90. The Kier molecular flexibility index (Phi) is 3.19. The standard InChI is InChI=1S/C9H11NO5S2/c11-9(6-3-4-17(14,15)5-6)7-1-2-8(16-7)10(12)13/h1-2,6,9,11H,3-5H2. The molecule has 2 heterocycles.